The van der Waals surface area contributed by atoms with E-state index in [4.69, 9.17) is 11.0 Å². The minimum Gasteiger partial charge on any atom is -0.469 e. The Hall–Kier alpha value is -2.56. The maximum Gasteiger partial charge on any atom is 0.324 e. The first-order valence-electron chi connectivity index (χ1n) is 7.55. The molecule has 1 heterocycles. The number of hydrogen-bond acceptors (Lipinski definition) is 7. The second-order valence-corrected chi connectivity index (χ2v) is 5.75. The molecule has 0 spiro atoms. The van der Waals surface area contributed by atoms with Gasteiger partial charge in [-0.2, -0.15) is 5.10 Å². The number of aromatic nitrogens is 2. The molecule has 0 saturated heterocycles. The van der Waals surface area contributed by atoms with Crippen molar-refractivity contribution in [2.75, 3.05) is 12.8 Å². The summed E-state index contributed by atoms with van der Waals surface area (Å²) in [5.41, 5.74) is 6.46. The molecule has 1 aromatic heterocycles. The molecule has 8 heteroatoms. The predicted octanol–water partition coefficient (Wildman–Crippen LogP) is 2.60. The second kappa shape index (κ2) is 12.9. The molecule has 0 aliphatic carbocycles. The Bertz CT molecular complexity index is 530. The van der Waals surface area contributed by atoms with E-state index >= 15 is 0 Å². The van der Waals surface area contributed by atoms with Crippen LogP contribution in [0, 0.1) is 23.4 Å². The lowest BCUT2D eigenvalue weighted by molar-refractivity contribution is -0.144. The van der Waals surface area contributed by atoms with Crippen molar-refractivity contribution in [2.45, 2.75) is 47.5 Å². The van der Waals surface area contributed by atoms with Crippen LogP contribution in [0.5, 0.6) is 0 Å². The van der Waals surface area contributed by atoms with E-state index in [2.05, 4.69) is 33.5 Å². The first kappa shape index (κ1) is 23.7. The standard InChI is InChI=1S/C6H11N3.C5H7NO2.C5H10O2/c1-4(2)5-3-6(7)9-8-5;1-4(2)5(7)8-3-6;1-4(2)5(6)7-3/h3-4H,1-2H3,(H3,7,8,9);4H,1-2H3;4H,1-3H3. The average molecular weight is 340 g/mol. The summed E-state index contributed by atoms with van der Waals surface area (Å²) in [6.45, 7) is 11.1. The van der Waals surface area contributed by atoms with Crippen LogP contribution >= 0.6 is 0 Å². The molecule has 8 nitrogen and oxygen atoms in total. The third-order valence-electron chi connectivity index (χ3n) is 2.53. The van der Waals surface area contributed by atoms with Crippen molar-refractivity contribution in [1.29, 1.82) is 5.26 Å². The van der Waals surface area contributed by atoms with E-state index in [-0.39, 0.29) is 17.8 Å². The van der Waals surface area contributed by atoms with Crippen LogP contribution in [-0.2, 0) is 19.1 Å². The minimum atomic E-state index is -0.479. The normalized spacial score (nSPS) is 9.38. The fourth-order valence-corrected chi connectivity index (χ4v) is 1.05. The van der Waals surface area contributed by atoms with Gasteiger partial charge in [0.25, 0.3) is 6.26 Å². The Morgan fingerprint density at radius 2 is 1.67 bits per heavy atom. The van der Waals surface area contributed by atoms with Gasteiger partial charge < -0.3 is 15.2 Å². The van der Waals surface area contributed by atoms with Crippen LogP contribution in [0.2, 0.25) is 0 Å². The fourth-order valence-electron chi connectivity index (χ4n) is 1.05. The summed E-state index contributed by atoms with van der Waals surface area (Å²) in [5, 5.41) is 14.4. The van der Waals surface area contributed by atoms with Crippen molar-refractivity contribution in [3.63, 3.8) is 0 Å². The highest BCUT2D eigenvalue weighted by Crippen LogP contribution is 2.11. The number of nitrogens with one attached hydrogen (secondary N) is 1. The Labute approximate surface area is 143 Å². The van der Waals surface area contributed by atoms with E-state index in [1.165, 1.54) is 13.4 Å². The molecule has 0 aliphatic heterocycles. The zero-order chi connectivity index (χ0) is 19.3. The third kappa shape index (κ3) is 12.0. The van der Waals surface area contributed by atoms with E-state index < -0.39 is 5.97 Å². The molecule has 0 fully saturated rings. The fraction of sp³-hybridized carbons (Fsp3) is 0.625. The number of esters is 2. The summed E-state index contributed by atoms with van der Waals surface area (Å²) in [7, 11) is 1.39. The molecule has 0 atom stereocenters. The summed E-state index contributed by atoms with van der Waals surface area (Å²) < 4.78 is 8.34. The van der Waals surface area contributed by atoms with Crippen LogP contribution in [0.25, 0.3) is 0 Å². The Balaban J connectivity index is 0. The molecule has 136 valence electrons. The number of hydrogen-bond donors (Lipinski definition) is 2. The van der Waals surface area contributed by atoms with Gasteiger partial charge in [0.05, 0.1) is 18.9 Å². The van der Waals surface area contributed by atoms with Gasteiger partial charge >= 0.3 is 11.9 Å². The molecule has 0 amide bonds. The molecule has 24 heavy (non-hydrogen) atoms. The van der Waals surface area contributed by atoms with Crippen LogP contribution in [0.3, 0.4) is 0 Å². The maximum atomic E-state index is 10.3. The number of rotatable bonds is 3. The number of nitrogens with two attached hydrogens (primary N) is 1. The second-order valence-electron chi connectivity index (χ2n) is 5.75. The van der Waals surface area contributed by atoms with Gasteiger partial charge in [-0.1, -0.05) is 41.5 Å². The Morgan fingerprint density at radius 1 is 1.17 bits per heavy atom. The largest absolute Gasteiger partial charge is 0.469 e. The molecule has 0 aliphatic rings. The van der Waals surface area contributed by atoms with Crippen LogP contribution in [0.15, 0.2) is 6.07 Å². The van der Waals surface area contributed by atoms with E-state index in [1.807, 2.05) is 6.07 Å². The zero-order valence-corrected chi connectivity index (χ0v) is 15.4. The van der Waals surface area contributed by atoms with Gasteiger partial charge in [-0.05, 0) is 5.92 Å². The van der Waals surface area contributed by atoms with Crippen molar-refractivity contribution in [2.24, 2.45) is 11.8 Å². The monoisotopic (exact) mass is 340 g/mol. The lowest BCUT2D eigenvalue weighted by Crippen LogP contribution is -2.07. The number of anilines is 1. The van der Waals surface area contributed by atoms with Gasteiger partial charge in [-0.25, -0.2) is 0 Å². The number of H-pyrrole nitrogens is 1. The topological polar surface area (TPSA) is 131 Å². The summed E-state index contributed by atoms with van der Waals surface area (Å²) in [6, 6.07) is 1.85. The number of carbonyl (C=O) groups is 2. The maximum absolute atomic E-state index is 10.3. The molecule has 0 bridgehead atoms. The third-order valence-corrected chi connectivity index (χ3v) is 2.53. The van der Waals surface area contributed by atoms with Crippen LogP contribution in [-0.4, -0.2) is 29.2 Å². The van der Waals surface area contributed by atoms with Gasteiger partial charge in [-0.15, -0.1) is 5.26 Å². The van der Waals surface area contributed by atoms with Crippen LogP contribution < -0.4 is 5.73 Å². The Kier molecular flexibility index (Phi) is 12.8. The van der Waals surface area contributed by atoms with Crippen molar-refractivity contribution < 1.29 is 19.1 Å². The number of nitrogen functional groups attached to an aromatic ring is 1. The van der Waals surface area contributed by atoms with Gasteiger partial charge in [-0.3, -0.25) is 14.7 Å². The van der Waals surface area contributed by atoms with Gasteiger partial charge in [0.1, 0.15) is 5.82 Å². The van der Waals surface area contributed by atoms with Gasteiger partial charge in [0.2, 0.25) is 0 Å². The minimum absolute atomic E-state index is 0.00463. The SMILES string of the molecule is CC(C)C(=O)OC#N.CC(C)c1cc(N)n[nH]1.COC(=O)C(C)C. The summed E-state index contributed by atoms with van der Waals surface area (Å²) in [4.78, 5) is 20.6. The molecule has 0 aromatic carbocycles. The van der Waals surface area contributed by atoms with Crippen LogP contribution in [0.4, 0.5) is 5.82 Å². The molecule has 0 radical (unpaired) electrons. The predicted molar refractivity (Wildman–Crippen MR) is 90.5 cm³/mol. The number of aromatic amines is 1. The first-order valence-corrected chi connectivity index (χ1v) is 7.55. The first-order chi connectivity index (χ1) is 11.1. The lowest BCUT2D eigenvalue weighted by atomic mass is 10.1. The molecule has 0 saturated carbocycles. The Morgan fingerprint density at radius 3 is 1.79 bits per heavy atom. The van der Waals surface area contributed by atoms with E-state index in [1.54, 1.807) is 27.7 Å². The number of carbonyl (C=O) groups excluding carboxylic acids is 2. The highest BCUT2D eigenvalue weighted by atomic mass is 16.5. The zero-order valence-electron chi connectivity index (χ0n) is 15.4. The molecular formula is C16H28N4O4. The highest BCUT2D eigenvalue weighted by Gasteiger charge is 2.06. The summed E-state index contributed by atoms with van der Waals surface area (Å²) >= 11 is 0. The summed E-state index contributed by atoms with van der Waals surface area (Å²) in [6.07, 6.45) is 1.30. The van der Waals surface area contributed by atoms with Crippen molar-refractivity contribution in [3.8, 4) is 6.26 Å². The smallest absolute Gasteiger partial charge is 0.324 e. The van der Waals surface area contributed by atoms with E-state index in [0.29, 0.717) is 11.7 Å². The average Bonchev–Trinajstić information content (AvgIpc) is 2.94. The number of nitrogens with zero attached hydrogens (tertiary/aromatic N) is 2. The van der Waals surface area contributed by atoms with Crippen molar-refractivity contribution in [3.05, 3.63) is 11.8 Å². The number of nitriles is 1. The molecule has 0 unspecified atom stereocenters. The number of methoxy groups -OCH3 is 1. The van der Waals surface area contributed by atoms with Crippen LogP contribution in [0.1, 0.15) is 53.2 Å². The molecule has 1 rings (SSSR count). The van der Waals surface area contributed by atoms with Gasteiger partial charge in [0, 0.05) is 11.8 Å². The lowest BCUT2D eigenvalue weighted by Gasteiger charge is -1.97. The van der Waals surface area contributed by atoms with E-state index in [0.717, 1.165) is 5.69 Å². The highest BCUT2D eigenvalue weighted by molar-refractivity contribution is 5.72. The summed E-state index contributed by atoms with van der Waals surface area (Å²) in [5.74, 6) is 0.209. The van der Waals surface area contributed by atoms with Crippen molar-refractivity contribution in [1.82, 2.24) is 10.2 Å². The van der Waals surface area contributed by atoms with Crippen molar-refractivity contribution >= 4 is 17.8 Å². The molecular weight excluding hydrogens is 312 g/mol. The number of ether oxygens (including phenoxy) is 2. The van der Waals surface area contributed by atoms with E-state index in [9.17, 15) is 9.59 Å². The van der Waals surface area contributed by atoms with Gasteiger partial charge in [0.15, 0.2) is 0 Å². The molecule has 3 N–H and O–H groups in total. The molecule has 1 aromatic rings. The quantitative estimate of drug-likeness (QED) is 0.638.